The van der Waals surface area contributed by atoms with Crippen LogP contribution in [0.3, 0.4) is 0 Å². The van der Waals surface area contributed by atoms with Gasteiger partial charge in [-0.25, -0.2) is 0 Å². The highest BCUT2D eigenvalue weighted by molar-refractivity contribution is 5.98. The van der Waals surface area contributed by atoms with Gasteiger partial charge in [0.25, 0.3) is 0 Å². The summed E-state index contributed by atoms with van der Waals surface area (Å²) >= 11 is 0. The topological polar surface area (TPSA) is 43.4 Å². The molecule has 32 heavy (non-hydrogen) atoms. The van der Waals surface area contributed by atoms with E-state index in [0.717, 1.165) is 25.2 Å². The Morgan fingerprint density at radius 1 is 1.19 bits per heavy atom. The molecule has 0 spiro atoms. The van der Waals surface area contributed by atoms with E-state index < -0.39 is 5.41 Å². The van der Waals surface area contributed by atoms with E-state index in [4.69, 9.17) is 4.74 Å². The number of fused-ring (bicyclic) bond motifs is 5. The predicted molar refractivity (Wildman–Crippen MR) is 129 cm³/mol. The lowest BCUT2D eigenvalue weighted by atomic mass is 9.46. The largest absolute Gasteiger partial charge is 0.462 e. The first kappa shape index (κ1) is 23.8. The molecule has 0 heterocycles. The first-order valence-corrected chi connectivity index (χ1v) is 13.2. The van der Waals surface area contributed by atoms with Crippen molar-refractivity contribution in [3.63, 3.8) is 0 Å². The Hall–Kier alpha value is -1.38. The average molecular weight is 441 g/mol. The standard InChI is InChI=1S/C29H44O3/c1-18(2)9-7-10-19(3)23-15-16-24-22-14-13-21-11-8-12-26(31)29(21,6)27(22)25(32-20(4)30)17-28(23,24)5/h8,12-13,18-19,22-25,27H,7,9-11,14-17H2,1-6H3/t19-,22+,23-,24+,25-,27-,28-,29-/m1/s1. The van der Waals surface area contributed by atoms with Gasteiger partial charge >= 0.3 is 5.97 Å². The van der Waals surface area contributed by atoms with Crippen LogP contribution in [-0.4, -0.2) is 17.9 Å². The van der Waals surface area contributed by atoms with Crippen LogP contribution in [-0.2, 0) is 14.3 Å². The molecule has 0 aromatic heterocycles. The van der Waals surface area contributed by atoms with E-state index in [9.17, 15) is 9.59 Å². The second-order valence-corrected chi connectivity index (χ2v) is 12.3. The van der Waals surface area contributed by atoms with Gasteiger partial charge in [-0.2, -0.15) is 0 Å². The maximum Gasteiger partial charge on any atom is 0.302 e. The van der Waals surface area contributed by atoms with E-state index >= 15 is 0 Å². The number of ether oxygens (including phenoxy) is 1. The summed E-state index contributed by atoms with van der Waals surface area (Å²) in [4.78, 5) is 25.5. The highest BCUT2D eigenvalue weighted by atomic mass is 16.5. The molecule has 0 unspecified atom stereocenters. The Morgan fingerprint density at radius 2 is 1.94 bits per heavy atom. The molecule has 0 aromatic carbocycles. The van der Waals surface area contributed by atoms with Gasteiger partial charge in [-0.1, -0.05) is 64.7 Å². The van der Waals surface area contributed by atoms with Crippen LogP contribution in [0.25, 0.3) is 0 Å². The number of hydrogen-bond acceptors (Lipinski definition) is 3. The number of carbonyl (C=O) groups is 2. The van der Waals surface area contributed by atoms with Gasteiger partial charge in [-0.3, -0.25) is 9.59 Å². The fourth-order valence-electron chi connectivity index (χ4n) is 8.60. The summed E-state index contributed by atoms with van der Waals surface area (Å²) in [7, 11) is 0. The summed E-state index contributed by atoms with van der Waals surface area (Å²) in [6.07, 6.45) is 15.2. The summed E-state index contributed by atoms with van der Waals surface area (Å²) in [6.45, 7) is 13.3. The van der Waals surface area contributed by atoms with Gasteiger partial charge in [0.05, 0.1) is 5.41 Å². The molecule has 0 aromatic rings. The second-order valence-electron chi connectivity index (χ2n) is 12.3. The summed E-state index contributed by atoms with van der Waals surface area (Å²) in [6, 6.07) is 0. The Bertz CT molecular complexity index is 807. The van der Waals surface area contributed by atoms with E-state index in [2.05, 4.69) is 40.7 Å². The fraction of sp³-hybridized carbons (Fsp3) is 0.793. The molecular weight excluding hydrogens is 396 g/mol. The van der Waals surface area contributed by atoms with E-state index in [1.807, 2.05) is 6.08 Å². The summed E-state index contributed by atoms with van der Waals surface area (Å²) < 4.78 is 6.09. The monoisotopic (exact) mass is 440 g/mol. The van der Waals surface area contributed by atoms with Crippen LogP contribution < -0.4 is 0 Å². The highest BCUT2D eigenvalue weighted by Gasteiger charge is 2.64. The third-order valence-corrected chi connectivity index (χ3v) is 10.0. The molecule has 2 saturated carbocycles. The Kier molecular flexibility index (Phi) is 6.51. The quantitative estimate of drug-likeness (QED) is 0.333. The van der Waals surface area contributed by atoms with Crippen molar-refractivity contribution in [2.75, 3.05) is 0 Å². The minimum absolute atomic E-state index is 0.108. The third-order valence-electron chi connectivity index (χ3n) is 10.0. The maximum atomic E-state index is 13.3. The van der Waals surface area contributed by atoms with Crippen molar-refractivity contribution in [3.05, 3.63) is 23.8 Å². The lowest BCUT2D eigenvalue weighted by Crippen LogP contribution is -2.58. The van der Waals surface area contributed by atoms with Crippen LogP contribution in [0.5, 0.6) is 0 Å². The lowest BCUT2D eigenvalue weighted by Gasteiger charge is -2.59. The van der Waals surface area contributed by atoms with E-state index in [1.165, 1.54) is 44.6 Å². The van der Waals surface area contributed by atoms with Gasteiger partial charge in [0.1, 0.15) is 6.10 Å². The molecule has 0 aliphatic heterocycles. The van der Waals surface area contributed by atoms with Gasteiger partial charge in [0, 0.05) is 12.8 Å². The van der Waals surface area contributed by atoms with Crippen molar-refractivity contribution in [3.8, 4) is 0 Å². The Morgan fingerprint density at radius 3 is 2.62 bits per heavy atom. The SMILES string of the molecule is CC(=O)O[C@@H]1C[C@]2(C)[C@@H]([C@H](C)CCCC(C)C)CC[C@H]2[C@@H]2CC=C3CC=CC(=O)[C@]3(C)[C@H]21. The average Bonchev–Trinajstić information content (AvgIpc) is 3.04. The summed E-state index contributed by atoms with van der Waals surface area (Å²) in [5.41, 5.74) is 0.928. The van der Waals surface area contributed by atoms with Crippen molar-refractivity contribution < 1.29 is 14.3 Å². The smallest absolute Gasteiger partial charge is 0.302 e. The maximum absolute atomic E-state index is 13.3. The van der Waals surface area contributed by atoms with Crippen LogP contribution in [0, 0.1) is 46.3 Å². The van der Waals surface area contributed by atoms with Gasteiger partial charge in [-0.15, -0.1) is 0 Å². The second kappa shape index (κ2) is 8.76. The first-order chi connectivity index (χ1) is 15.1. The number of allylic oxidation sites excluding steroid dienone is 4. The predicted octanol–water partition coefficient (Wildman–Crippen LogP) is 6.91. The molecule has 0 radical (unpaired) electrons. The zero-order valence-electron chi connectivity index (χ0n) is 21.2. The normalized spacial score (nSPS) is 41.5. The molecule has 4 aliphatic rings. The summed E-state index contributed by atoms with van der Waals surface area (Å²) in [5.74, 6) is 3.30. The number of esters is 1. The van der Waals surface area contributed by atoms with Crippen LogP contribution in [0.2, 0.25) is 0 Å². The first-order valence-electron chi connectivity index (χ1n) is 13.2. The molecule has 178 valence electrons. The van der Waals surface area contributed by atoms with Gasteiger partial charge < -0.3 is 4.74 Å². The van der Waals surface area contributed by atoms with Crippen LogP contribution in [0.15, 0.2) is 23.8 Å². The zero-order chi connectivity index (χ0) is 23.3. The van der Waals surface area contributed by atoms with E-state index in [-0.39, 0.29) is 29.2 Å². The van der Waals surface area contributed by atoms with E-state index in [1.54, 1.807) is 6.08 Å². The zero-order valence-corrected chi connectivity index (χ0v) is 21.2. The Labute approximate surface area is 195 Å². The number of rotatable bonds is 6. The van der Waals surface area contributed by atoms with Crippen LogP contribution >= 0.6 is 0 Å². The summed E-state index contributed by atoms with van der Waals surface area (Å²) in [5, 5.41) is 0. The van der Waals surface area contributed by atoms with Crippen molar-refractivity contribution >= 4 is 11.8 Å². The molecule has 3 heteroatoms. The molecule has 0 N–H and O–H groups in total. The minimum atomic E-state index is -0.514. The molecular formula is C29H44O3. The molecule has 0 saturated heterocycles. The van der Waals surface area contributed by atoms with Crippen molar-refractivity contribution in [2.24, 2.45) is 46.3 Å². The molecule has 2 fully saturated rings. The number of ketones is 1. The number of carbonyl (C=O) groups excluding carboxylic acids is 2. The van der Waals surface area contributed by atoms with Crippen LogP contribution in [0.4, 0.5) is 0 Å². The van der Waals surface area contributed by atoms with Crippen molar-refractivity contribution in [1.82, 2.24) is 0 Å². The Balaban J connectivity index is 1.65. The van der Waals surface area contributed by atoms with E-state index in [0.29, 0.717) is 23.7 Å². The molecule has 0 bridgehead atoms. The molecule has 8 atom stereocenters. The fourth-order valence-corrected chi connectivity index (χ4v) is 8.60. The highest BCUT2D eigenvalue weighted by Crippen LogP contribution is 2.67. The van der Waals surface area contributed by atoms with Crippen LogP contribution in [0.1, 0.15) is 92.9 Å². The molecule has 0 amide bonds. The van der Waals surface area contributed by atoms with Crippen molar-refractivity contribution in [2.45, 2.75) is 99.0 Å². The van der Waals surface area contributed by atoms with Crippen molar-refractivity contribution in [1.29, 1.82) is 0 Å². The third kappa shape index (κ3) is 3.82. The molecule has 4 rings (SSSR count). The molecule has 3 nitrogen and oxygen atoms in total. The van der Waals surface area contributed by atoms with Gasteiger partial charge in [-0.05, 0) is 80.1 Å². The lowest BCUT2D eigenvalue weighted by molar-refractivity contribution is -0.175. The molecule has 4 aliphatic carbocycles. The van der Waals surface area contributed by atoms with Gasteiger partial charge in [0.15, 0.2) is 5.78 Å². The van der Waals surface area contributed by atoms with Gasteiger partial charge in [0.2, 0.25) is 0 Å². The minimum Gasteiger partial charge on any atom is -0.462 e. The number of hydrogen-bond donors (Lipinski definition) is 0.